The summed E-state index contributed by atoms with van der Waals surface area (Å²) in [5, 5.41) is 6.80. The third kappa shape index (κ3) is 2.87. The number of carbonyl (C=O) groups excluding carboxylic acids is 2. The largest absolute Gasteiger partial charge is 0.339 e. The van der Waals surface area contributed by atoms with E-state index < -0.39 is 6.04 Å². The van der Waals surface area contributed by atoms with Gasteiger partial charge in [-0.1, -0.05) is 6.07 Å². The molecular weight excluding hydrogens is 350 g/mol. The molecule has 1 aliphatic heterocycles. The Hall–Kier alpha value is -2.22. The number of carbonyl (C=O) groups is 2. The van der Waals surface area contributed by atoms with Gasteiger partial charge in [0.2, 0.25) is 5.91 Å². The zero-order valence-electron chi connectivity index (χ0n) is 11.9. The highest BCUT2D eigenvalue weighted by Gasteiger charge is 2.34. The molecule has 8 heteroatoms. The fourth-order valence-electron chi connectivity index (χ4n) is 2.38. The van der Waals surface area contributed by atoms with Gasteiger partial charge >= 0.3 is 0 Å². The van der Waals surface area contributed by atoms with Crippen LogP contribution in [0.25, 0.3) is 0 Å². The summed E-state index contributed by atoms with van der Waals surface area (Å²) < 4.78 is 2.22. The number of hydrogen-bond acceptors (Lipinski definition) is 4. The quantitative estimate of drug-likeness (QED) is 0.828. The van der Waals surface area contributed by atoms with Crippen LogP contribution >= 0.6 is 15.9 Å². The fourth-order valence-corrected chi connectivity index (χ4v) is 2.73. The Balaban J connectivity index is 1.69. The maximum Gasteiger partial charge on any atom is 0.270 e. The van der Waals surface area contributed by atoms with Crippen LogP contribution in [0.4, 0.5) is 5.69 Å². The molecule has 2 aromatic heterocycles. The summed E-state index contributed by atoms with van der Waals surface area (Å²) in [5.74, 6) is -0.482. The van der Waals surface area contributed by atoms with Crippen LogP contribution in [0.15, 0.2) is 35.2 Å². The van der Waals surface area contributed by atoms with E-state index in [-0.39, 0.29) is 17.5 Å². The Bertz CT molecular complexity index is 730. The Morgan fingerprint density at radius 2 is 2.27 bits per heavy atom. The van der Waals surface area contributed by atoms with Crippen molar-refractivity contribution in [3.63, 3.8) is 0 Å². The maximum absolute atomic E-state index is 12.4. The highest BCUT2D eigenvalue weighted by Crippen LogP contribution is 2.20. The second kappa shape index (κ2) is 5.88. The summed E-state index contributed by atoms with van der Waals surface area (Å²) in [6.45, 7) is 0.557. The summed E-state index contributed by atoms with van der Waals surface area (Å²) in [7, 11) is 1.79. The molecule has 0 aromatic carbocycles. The molecule has 0 aliphatic carbocycles. The molecule has 1 N–H and O–H groups in total. The van der Waals surface area contributed by atoms with E-state index in [1.807, 2.05) is 0 Å². The molecule has 3 heterocycles. The van der Waals surface area contributed by atoms with Crippen LogP contribution in [-0.2, 0) is 11.8 Å². The molecule has 7 nitrogen and oxygen atoms in total. The van der Waals surface area contributed by atoms with Crippen molar-refractivity contribution < 1.29 is 9.59 Å². The second-order valence-electron chi connectivity index (χ2n) is 5.02. The van der Waals surface area contributed by atoms with Crippen molar-refractivity contribution in [1.29, 1.82) is 0 Å². The van der Waals surface area contributed by atoms with Gasteiger partial charge in [-0.3, -0.25) is 14.3 Å². The summed E-state index contributed by atoms with van der Waals surface area (Å²) in [4.78, 5) is 30.3. The smallest absolute Gasteiger partial charge is 0.270 e. The van der Waals surface area contributed by atoms with Crippen LogP contribution in [0.2, 0.25) is 0 Å². The van der Waals surface area contributed by atoms with Crippen molar-refractivity contribution in [3.05, 3.63) is 40.9 Å². The summed E-state index contributed by atoms with van der Waals surface area (Å²) in [5.41, 5.74) is 1.02. The third-order valence-electron chi connectivity index (χ3n) is 3.46. The van der Waals surface area contributed by atoms with Crippen molar-refractivity contribution >= 4 is 33.4 Å². The lowest BCUT2D eigenvalue weighted by molar-refractivity contribution is -0.118. The van der Waals surface area contributed by atoms with Gasteiger partial charge in [0, 0.05) is 19.8 Å². The molecule has 1 fully saturated rings. The van der Waals surface area contributed by atoms with Crippen LogP contribution in [0.1, 0.15) is 16.9 Å². The minimum Gasteiger partial charge on any atom is -0.339 e. The Labute approximate surface area is 135 Å². The maximum atomic E-state index is 12.4. The average molecular weight is 364 g/mol. The van der Waals surface area contributed by atoms with Crippen LogP contribution < -0.4 is 10.2 Å². The van der Waals surface area contributed by atoms with Gasteiger partial charge in [-0.05, 0) is 34.5 Å². The van der Waals surface area contributed by atoms with Crippen LogP contribution in [0.3, 0.4) is 0 Å². The van der Waals surface area contributed by atoms with Gasteiger partial charge in [-0.15, -0.1) is 0 Å². The van der Waals surface area contributed by atoms with Crippen molar-refractivity contribution in [2.45, 2.75) is 12.5 Å². The van der Waals surface area contributed by atoms with Crippen molar-refractivity contribution in [3.8, 4) is 0 Å². The lowest BCUT2D eigenvalue weighted by atomic mass is 10.2. The van der Waals surface area contributed by atoms with Crippen LogP contribution in [0, 0.1) is 0 Å². The minimum absolute atomic E-state index is 0.128. The van der Waals surface area contributed by atoms with E-state index in [9.17, 15) is 9.59 Å². The van der Waals surface area contributed by atoms with Gasteiger partial charge in [0.15, 0.2) is 0 Å². The van der Waals surface area contributed by atoms with Crippen LogP contribution in [-0.4, -0.2) is 39.2 Å². The number of halogens is 1. The minimum atomic E-state index is -0.534. The standard InChI is InChI=1S/C14H14BrN5O2/c1-19-8-9(7-16-19)20-6-5-11(14(20)22)18-13(21)10-3-2-4-12(15)17-10/h2-4,7-8,11H,5-6H2,1H3,(H,18,21). The van der Waals surface area contributed by atoms with Gasteiger partial charge in [0.05, 0.1) is 11.9 Å². The molecule has 1 saturated heterocycles. The monoisotopic (exact) mass is 363 g/mol. The third-order valence-corrected chi connectivity index (χ3v) is 3.90. The lowest BCUT2D eigenvalue weighted by Gasteiger charge is -2.15. The predicted molar refractivity (Wildman–Crippen MR) is 83.4 cm³/mol. The molecule has 0 bridgehead atoms. The predicted octanol–water partition coefficient (Wildman–Crippen LogP) is 1.11. The van der Waals surface area contributed by atoms with Gasteiger partial charge in [0.25, 0.3) is 5.91 Å². The molecule has 0 spiro atoms. The second-order valence-corrected chi connectivity index (χ2v) is 5.83. The van der Waals surface area contributed by atoms with E-state index in [0.717, 1.165) is 5.69 Å². The Morgan fingerprint density at radius 1 is 1.45 bits per heavy atom. The molecule has 22 heavy (non-hydrogen) atoms. The number of anilines is 1. The number of aromatic nitrogens is 3. The SMILES string of the molecule is Cn1cc(N2CCC(NC(=O)c3cccc(Br)n3)C2=O)cn1. The first-order valence-electron chi connectivity index (χ1n) is 6.78. The van der Waals surface area contributed by atoms with Crippen molar-refractivity contribution in [2.24, 2.45) is 7.05 Å². The topological polar surface area (TPSA) is 80.1 Å². The van der Waals surface area contributed by atoms with Gasteiger partial charge < -0.3 is 10.2 Å². The zero-order chi connectivity index (χ0) is 15.7. The van der Waals surface area contributed by atoms with Gasteiger partial charge in [0.1, 0.15) is 16.3 Å². The van der Waals surface area contributed by atoms with E-state index >= 15 is 0 Å². The summed E-state index contributed by atoms with van der Waals surface area (Å²) in [6, 6.07) is 4.54. The van der Waals surface area contributed by atoms with E-state index in [2.05, 4.69) is 31.3 Å². The molecule has 0 saturated carbocycles. The number of nitrogens with zero attached hydrogens (tertiary/aromatic N) is 4. The highest BCUT2D eigenvalue weighted by molar-refractivity contribution is 9.10. The van der Waals surface area contributed by atoms with Crippen molar-refractivity contribution in [2.75, 3.05) is 11.4 Å². The normalized spacial score (nSPS) is 17.8. The fraction of sp³-hybridized carbons (Fsp3) is 0.286. The molecule has 114 valence electrons. The molecule has 0 radical (unpaired) electrons. The first kappa shape index (κ1) is 14.7. The van der Waals surface area contributed by atoms with Gasteiger partial charge in [-0.25, -0.2) is 4.98 Å². The van der Waals surface area contributed by atoms with E-state index in [4.69, 9.17) is 0 Å². The molecule has 1 aliphatic rings. The number of aryl methyl sites for hydroxylation is 1. The number of hydrogen-bond donors (Lipinski definition) is 1. The first-order valence-corrected chi connectivity index (χ1v) is 7.57. The molecule has 2 aromatic rings. The molecule has 1 atom stereocenters. The summed E-state index contributed by atoms with van der Waals surface area (Å²) >= 11 is 3.22. The molecule has 2 amide bonds. The Kier molecular flexibility index (Phi) is 3.93. The first-order chi connectivity index (χ1) is 10.5. The van der Waals surface area contributed by atoms with E-state index in [1.54, 1.807) is 47.2 Å². The number of pyridine rings is 1. The van der Waals surface area contributed by atoms with E-state index in [1.165, 1.54) is 0 Å². The van der Waals surface area contributed by atoms with Gasteiger partial charge in [-0.2, -0.15) is 5.10 Å². The molecule has 3 rings (SSSR count). The number of nitrogens with one attached hydrogen (secondary N) is 1. The molecular formula is C14H14BrN5O2. The Morgan fingerprint density at radius 3 is 2.95 bits per heavy atom. The van der Waals surface area contributed by atoms with E-state index in [0.29, 0.717) is 17.6 Å². The zero-order valence-corrected chi connectivity index (χ0v) is 13.4. The number of amides is 2. The summed E-state index contributed by atoms with van der Waals surface area (Å²) in [6.07, 6.45) is 3.98. The molecule has 1 unspecified atom stereocenters. The average Bonchev–Trinajstić information content (AvgIpc) is 3.06. The lowest BCUT2D eigenvalue weighted by Crippen LogP contribution is -2.41. The van der Waals surface area contributed by atoms with Crippen molar-refractivity contribution in [1.82, 2.24) is 20.1 Å². The highest BCUT2D eigenvalue weighted by atomic mass is 79.9. The number of rotatable bonds is 3. The van der Waals surface area contributed by atoms with Crippen LogP contribution in [0.5, 0.6) is 0 Å².